The summed E-state index contributed by atoms with van der Waals surface area (Å²) < 4.78 is 0. The second kappa shape index (κ2) is 12.9. The number of pyridine rings is 3. The highest BCUT2D eigenvalue weighted by Crippen LogP contribution is 2.43. The Morgan fingerprint density at radius 2 is 1.59 bits per heavy atom. The Balaban J connectivity index is 0.755. The first-order valence-electron chi connectivity index (χ1n) is 18.4. The van der Waals surface area contributed by atoms with E-state index in [4.69, 9.17) is 0 Å². The van der Waals surface area contributed by atoms with E-state index in [1.807, 2.05) is 42.3 Å². The van der Waals surface area contributed by atoms with Gasteiger partial charge in [0.1, 0.15) is 11.7 Å². The molecular weight excluding hydrogens is 690 g/mol. The van der Waals surface area contributed by atoms with E-state index in [1.54, 1.807) is 24.4 Å². The Bertz CT molecular complexity index is 2300. The van der Waals surface area contributed by atoms with Gasteiger partial charge in [-0.1, -0.05) is 6.92 Å². The Morgan fingerprint density at radius 1 is 0.833 bits per heavy atom. The minimum absolute atomic E-state index is 0.0361. The quantitative estimate of drug-likeness (QED) is 0.265. The lowest BCUT2D eigenvalue weighted by Crippen LogP contribution is -2.73. The molecule has 4 aromatic rings. The lowest BCUT2D eigenvalue weighted by Gasteiger charge is -2.60. The number of carbonyl (C=O) groups excluding carboxylic acids is 5. The van der Waals surface area contributed by atoms with E-state index >= 15 is 0 Å². The van der Waals surface area contributed by atoms with E-state index in [0.717, 1.165) is 71.2 Å². The van der Waals surface area contributed by atoms with Crippen LogP contribution in [0.25, 0.3) is 11.0 Å². The van der Waals surface area contributed by atoms with Gasteiger partial charge in [0.15, 0.2) is 0 Å². The number of aromatic amines is 1. The molecule has 276 valence electrons. The number of carbonyl (C=O) groups is 5. The Morgan fingerprint density at radius 3 is 2.31 bits per heavy atom. The lowest BCUT2D eigenvalue weighted by molar-refractivity contribution is -0.136. The van der Waals surface area contributed by atoms with Crippen molar-refractivity contribution in [3.05, 3.63) is 93.2 Å². The molecule has 0 unspecified atom stereocenters. The number of aryl methyl sites for hydroxylation is 1. The monoisotopic (exact) mass is 729 g/mol. The predicted octanol–water partition coefficient (Wildman–Crippen LogP) is 1.57. The third-order valence-electron chi connectivity index (χ3n) is 11.5. The van der Waals surface area contributed by atoms with Crippen LogP contribution in [0.15, 0.2) is 59.7 Å². The highest BCUT2D eigenvalue weighted by Gasteiger charge is 2.54. The topological polar surface area (TPSA) is 172 Å². The number of rotatable bonds is 7. The average Bonchev–Trinajstić information content (AvgIpc) is 3.38. The van der Waals surface area contributed by atoms with Crippen molar-refractivity contribution in [2.24, 2.45) is 5.41 Å². The summed E-state index contributed by atoms with van der Waals surface area (Å²) in [6.07, 6.45) is 4.52. The molecule has 2 N–H and O–H groups in total. The standard InChI is InChI=1S/C39H39N9O6/c1-2-24-14-30-31(42-34(24)50)13-23(16-40-30)18-44-9-11-45(12-10-44)26-4-6-29(41-17-26)38(54)47-21-39(22-47)19-46(20-39)25-3-5-27-28(15-25)37(53)48(36(27)52)32-7-8-33(49)43-35(32)51/h3-6,13-17,32H,2,7-12,18-22H2,1H3,(H,42,50)(H,43,49,51)/t32-/m1/s1. The maximum absolute atomic E-state index is 13.3. The predicted molar refractivity (Wildman–Crippen MR) is 197 cm³/mol. The minimum atomic E-state index is -0.998. The fraction of sp³-hybridized carbons (Fsp3) is 0.385. The van der Waals surface area contributed by atoms with Crippen LogP contribution in [-0.2, 0) is 22.6 Å². The highest BCUT2D eigenvalue weighted by atomic mass is 16.2. The Labute approximate surface area is 309 Å². The molecule has 0 saturated carbocycles. The molecule has 1 atom stereocenters. The molecule has 5 amide bonds. The van der Waals surface area contributed by atoms with Gasteiger partial charge in [-0.25, -0.2) is 4.98 Å². The zero-order chi connectivity index (χ0) is 37.3. The summed E-state index contributed by atoms with van der Waals surface area (Å²) in [4.78, 5) is 97.6. The molecule has 54 heavy (non-hydrogen) atoms. The molecule has 15 nitrogen and oxygen atoms in total. The zero-order valence-corrected chi connectivity index (χ0v) is 29.8. The van der Waals surface area contributed by atoms with Crippen LogP contribution in [0.1, 0.15) is 62.1 Å². The summed E-state index contributed by atoms with van der Waals surface area (Å²) in [7, 11) is 0. The van der Waals surface area contributed by atoms with E-state index in [0.29, 0.717) is 38.3 Å². The lowest BCUT2D eigenvalue weighted by atomic mass is 9.72. The van der Waals surface area contributed by atoms with Crippen LogP contribution < -0.4 is 20.7 Å². The van der Waals surface area contributed by atoms with E-state index in [9.17, 15) is 28.8 Å². The van der Waals surface area contributed by atoms with Gasteiger partial charge in [-0.3, -0.25) is 48.9 Å². The number of nitrogens with one attached hydrogen (secondary N) is 2. The molecule has 8 heterocycles. The number of fused-ring (bicyclic) bond motifs is 2. The maximum atomic E-state index is 13.3. The summed E-state index contributed by atoms with van der Waals surface area (Å²) in [6.45, 7) is 8.72. The fourth-order valence-corrected chi connectivity index (χ4v) is 8.51. The number of H-pyrrole nitrogens is 1. The molecule has 4 fully saturated rings. The van der Waals surface area contributed by atoms with Gasteiger partial charge >= 0.3 is 0 Å². The van der Waals surface area contributed by atoms with Gasteiger partial charge < -0.3 is 19.7 Å². The normalized spacial score (nSPS) is 21.0. The summed E-state index contributed by atoms with van der Waals surface area (Å²) in [5.41, 5.74) is 5.97. The first-order valence-corrected chi connectivity index (χ1v) is 18.4. The molecule has 0 aliphatic carbocycles. The van der Waals surface area contributed by atoms with Gasteiger partial charge in [-0.2, -0.15) is 0 Å². The molecule has 9 rings (SSSR count). The molecule has 5 aliphatic rings. The first-order chi connectivity index (χ1) is 26.1. The van der Waals surface area contributed by atoms with Crippen LogP contribution in [0.4, 0.5) is 11.4 Å². The molecule has 1 spiro atoms. The van der Waals surface area contributed by atoms with E-state index in [-0.39, 0.29) is 40.8 Å². The second-order valence-electron chi connectivity index (χ2n) is 15.1. The van der Waals surface area contributed by atoms with Crippen molar-refractivity contribution in [3.63, 3.8) is 0 Å². The van der Waals surface area contributed by atoms with Gasteiger partial charge in [-0.05, 0) is 60.9 Å². The van der Waals surface area contributed by atoms with Crippen molar-refractivity contribution in [1.29, 1.82) is 0 Å². The smallest absolute Gasteiger partial charge is 0.272 e. The number of aromatic nitrogens is 3. The number of piperazine rings is 1. The van der Waals surface area contributed by atoms with Gasteiger partial charge in [0.2, 0.25) is 11.8 Å². The molecular formula is C39H39N9O6. The van der Waals surface area contributed by atoms with Gasteiger partial charge in [0.05, 0.1) is 34.0 Å². The van der Waals surface area contributed by atoms with Crippen molar-refractivity contribution in [2.45, 2.75) is 38.8 Å². The van der Waals surface area contributed by atoms with Gasteiger partial charge in [0.25, 0.3) is 23.3 Å². The molecule has 15 heteroatoms. The number of nitrogens with zero attached hydrogens (tertiary/aromatic N) is 7. The molecule has 3 aromatic heterocycles. The Hall–Kier alpha value is -5.96. The molecule has 5 aliphatic heterocycles. The van der Waals surface area contributed by atoms with E-state index in [2.05, 4.69) is 35.0 Å². The van der Waals surface area contributed by atoms with Crippen LogP contribution >= 0.6 is 0 Å². The largest absolute Gasteiger partial charge is 0.370 e. The third kappa shape index (κ3) is 5.79. The highest BCUT2D eigenvalue weighted by molar-refractivity contribution is 6.23. The number of imide groups is 2. The molecule has 0 bridgehead atoms. The third-order valence-corrected chi connectivity index (χ3v) is 11.5. The Kier molecular flexibility index (Phi) is 8.06. The fourth-order valence-electron chi connectivity index (χ4n) is 8.51. The number of hydrogen-bond donors (Lipinski definition) is 2. The first kappa shape index (κ1) is 33.8. The van der Waals surface area contributed by atoms with Crippen LogP contribution in [0.3, 0.4) is 0 Å². The zero-order valence-electron chi connectivity index (χ0n) is 29.8. The van der Waals surface area contributed by atoms with Crippen LogP contribution in [0.5, 0.6) is 0 Å². The number of hydrogen-bond acceptors (Lipinski definition) is 11. The second-order valence-corrected chi connectivity index (χ2v) is 15.1. The summed E-state index contributed by atoms with van der Waals surface area (Å²) >= 11 is 0. The number of benzene rings is 1. The number of likely N-dealkylation sites (tertiary alicyclic amines) is 1. The van der Waals surface area contributed by atoms with Crippen molar-refractivity contribution in [2.75, 3.05) is 62.2 Å². The number of amides is 5. The van der Waals surface area contributed by atoms with E-state index < -0.39 is 29.7 Å². The molecule has 4 saturated heterocycles. The van der Waals surface area contributed by atoms with Crippen LogP contribution in [-0.4, -0.2) is 118 Å². The number of piperidine rings is 1. The SMILES string of the molecule is CCc1cc2ncc(CN3CCN(c4ccc(C(=O)N5CC6(C5)CN(c5ccc7c(c5)C(=O)N([C@@H]5CCC(=O)NC5=O)C7=O)C6)nc4)CC3)cc2[nH]c1=O. The minimum Gasteiger partial charge on any atom is -0.370 e. The summed E-state index contributed by atoms with van der Waals surface area (Å²) in [5, 5.41) is 2.22. The van der Waals surface area contributed by atoms with Crippen molar-refractivity contribution >= 4 is 51.9 Å². The van der Waals surface area contributed by atoms with Crippen LogP contribution in [0.2, 0.25) is 0 Å². The molecule has 1 aromatic carbocycles. The van der Waals surface area contributed by atoms with Gasteiger partial charge in [-0.15, -0.1) is 0 Å². The summed E-state index contributed by atoms with van der Waals surface area (Å²) in [5.74, 6) is -2.18. The number of anilines is 2. The average molecular weight is 730 g/mol. The van der Waals surface area contributed by atoms with Crippen molar-refractivity contribution in [1.82, 2.24) is 35.0 Å². The van der Waals surface area contributed by atoms with Crippen molar-refractivity contribution < 1.29 is 24.0 Å². The van der Waals surface area contributed by atoms with E-state index in [1.165, 1.54) is 0 Å². The summed E-state index contributed by atoms with van der Waals surface area (Å²) in [6, 6.07) is 11.8. The van der Waals surface area contributed by atoms with Crippen LogP contribution in [0, 0.1) is 5.41 Å². The van der Waals surface area contributed by atoms with Gasteiger partial charge in [0, 0.05) is 88.2 Å². The maximum Gasteiger partial charge on any atom is 0.272 e. The van der Waals surface area contributed by atoms with Crippen molar-refractivity contribution in [3.8, 4) is 0 Å². The molecule has 0 radical (unpaired) electrons.